The van der Waals surface area contributed by atoms with Gasteiger partial charge in [-0.25, -0.2) is 9.59 Å². The zero-order valence-corrected chi connectivity index (χ0v) is 26.2. The van der Waals surface area contributed by atoms with Crippen LogP contribution in [0.5, 0.6) is 17.2 Å². The van der Waals surface area contributed by atoms with Crippen molar-refractivity contribution >= 4 is 17.5 Å². The minimum Gasteiger partial charge on any atom is -0.494 e. The first-order valence-electron chi connectivity index (χ1n) is 15.7. The van der Waals surface area contributed by atoms with E-state index in [0.29, 0.717) is 55.6 Å². The van der Waals surface area contributed by atoms with Gasteiger partial charge in [-0.05, 0) is 73.3 Å². The summed E-state index contributed by atoms with van der Waals surface area (Å²) in [6, 6.07) is 21.5. The molecule has 0 heterocycles. The Balaban J connectivity index is 1.58. The largest absolute Gasteiger partial charge is 0.494 e. The fourth-order valence-corrected chi connectivity index (χ4v) is 4.64. The third-order valence-electron chi connectivity index (χ3n) is 7.12. The number of carbonyl (C=O) groups excluding carboxylic acids is 2. The molecule has 4 rings (SSSR count). The highest BCUT2D eigenvalue weighted by atomic mass is 16.7. The van der Waals surface area contributed by atoms with E-state index in [-0.39, 0.29) is 12.0 Å². The summed E-state index contributed by atoms with van der Waals surface area (Å²) in [5, 5.41) is 0. The molecular formula is C37H43NO7. The van der Waals surface area contributed by atoms with Crippen LogP contribution in [-0.4, -0.2) is 44.1 Å². The number of esters is 2. The first-order valence-corrected chi connectivity index (χ1v) is 15.7. The Morgan fingerprint density at radius 2 is 1.47 bits per heavy atom. The first-order chi connectivity index (χ1) is 22.0. The number of hydrogen-bond donors (Lipinski definition) is 1. The van der Waals surface area contributed by atoms with Crippen molar-refractivity contribution in [1.29, 1.82) is 0 Å². The molecule has 238 valence electrons. The number of nitrogens with two attached hydrogens (primary N) is 1. The molecule has 0 spiro atoms. The second-order valence-electron chi connectivity index (χ2n) is 10.7. The number of unbranched alkanes of at least 4 members (excludes halogenated alkanes) is 2. The van der Waals surface area contributed by atoms with E-state index in [2.05, 4.69) is 6.92 Å². The van der Waals surface area contributed by atoms with Gasteiger partial charge in [0.25, 0.3) is 5.79 Å². The Morgan fingerprint density at radius 1 is 0.756 bits per heavy atom. The van der Waals surface area contributed by atoms with Gasteiger partial charge in [-0.1, -0.05) is 69.2 Å². The van der Waals surface area contributed by atoms with Crippen LogP contribution in [0.1, 0.15) is 78.7 Å². The summed E-state index contributed by atoms with van der Waals surface area (Å²) >= 11 is 0. The normalized spacial score (nSPS) is 15.6. The van der Waals surface area contributed by atoms with Gasteiger partial charge in [-0.3, -0.25) is 0 Å². The smallest absolute Gasteiger partial charge is 0.345 e. The van der Waals surface area contributed by atoms with Crippen molar-refractivity contribution in [3.63, 3.8) is 0 Å². The summed E-state index contributed by atoms with van der Waals surface area (Å²) in [6.45, 7) is 6.05. The molecule has 0 amide bonds. The van der Waals surface area contributed by atoms with Crippen molar-refractivity contribution in [2.24, 2.45) is 5.73 Å². The van der Waals surface area contributed by atoms with E-state index in [0.717, 1.165) is 36.8 Å². The summed E-state index contributed by atoms with van der Waals surface area (Å²) in [6.07, 6.45) is 9.98. The molecule has 0 aliphatic heterocycles. The van der Waals surface area contributed by atoms with E-state index >= 15 is 0 Å². The molecular weight excluding hydrogens is 570 g/mol. The van der Waals surface area contributed by atoms with Crippen LogP contribution in [0.3, 0.4) is 0 Å². The summed E-state index contributed by atoms with van der Waals surface area (Å²) in [5.41, 5.74) is 8.07. The molecule has 1 unspecified atom stereocenters. The van der Waals surface area contributed by atoms with Gasteiger partial charge in [0.2, 0.25) is 0 Å². The summed E-state index contributed by atoms with van der Waals surface area (Å²) in [5.74, 6) is -1.47. The fraction of sp³-hybridized carbons (Fsp3) is 0.351. The Labute approximate surface area is 265 Å². The number of benzene rings is 3. The van der Waals surface area contributed by atoms with Crippen molar-refractivity contribution in [3.05, 3.63) is 108 Å². The predicted molar refractivity (Wildman–Crippen MR) is 175 cm³/mol. The van der Waals surface area contributed by atoms with Gasteiger partial charge < -0.3 is 29.4 Å². The topological polar surface area (TPSA) is 106 Å². The molecule has 3 aromatic rings. The summed E-state index contributed by atoms with van der Waals surface area (Å²) in [4.78, 5) is 27.2. The quantitative estimate of drug-likeness (QED) is 0.0946. The van der Waals surface area contributed by atoms with E-state index in [1.807, 2.05) is 43.3 Å². The molecule has 0 saturated carbocycles. The average molecular weight is 614 g/mol. The van der Waals surface area contributed by atoms with E-state index in [9.17, 15) is 9.59 Å². The highest BCUT2D eigenvalue weighted by Crippen LogP contribution is 2.34. The van der Waals surface area contributed by atoms with Crippen molar-refractivity contribution in [3.8, 4) is 17.2 Å². The highest BCUT2D eigenvalue weighted by Gasteiger charge is 2.38. The van der Waals surface area contributed by atoms with Gasteiger partial charge in [-0.2, -0.15) is 0 Å². The molecule has 2 N–H and O–H groups in total. The highest BCUT2D eigenvalue weighted by molar-refractivity contribution is 5.94. The molecule has 0 saturated heterocycles. The Morgan fingerprint density at radius 3 is 2.16 bits per heavy atom. The Hall–Kier alpha value is -4.56. The van der Waals surface area contributed by atoms with Crippen LogP contribution in [0.2, 0.25) is 0 Å². The SMILES string of the molecule is CCCCCOc1ccc(C(=O)OC2(OC(=O)c3ccc(OCCC)cc3)C=CC(c3ccccc3)=CC2)c(OCCCN)c1. The number of hydrogen-bond acceptors (Lipinski definition) is 8. The number of allylic oxidation sites excluding steroid dienone is 2. The van der Waals surface area contributed by atoms with E-state index in [1.165, 1.54) is 0 Å². The fourth-order valence-electron chi connectivity index (χ4n) is 4.64. The molecule has 0 aromatic heterocycles. The number of ether oxygens (including phenoxy) is 5. The molecule has 3 aromatic carbocycles. The second kappa shape index (κ2) is 17.1. The molecule has 8 nitrogen and oxygen atoms in total. The zero-order chi connectivity index (χ0) is 31.9. The Kier molecular flexibility index (Phi) is 12.6. The lowest BCUT2D eigenvalue weighted by molar-refractivity contribution is -0.133. The van der Waals surface area contributed by atoms with Gasteiger partial charge >= 0.3 is 11.9 Å². The predicted octanol–water partition coefficient (Wildman–Crippen LogP) is 7.53. The van der Waals surface area contributed by atoms with Crippen LogP contribution in [0.25, 0.3) is 5.57 Å². The number of carbonyl (C=O) groups is 2. The summed E-state index contributed by atoms with van der Waals surface area (Å²) in [7, 11) is 0. The third kappa shape index (κ3) is 9.71. The molecule has 1 atom stereocenters. The first kappa shape index (κ1) is 33.3. The summed E-state index contributed by atoms with van der Waals surface area (Å²) < 4.78 is 29.5. The maximum absolute atomic E-state index is 13.8. The maximum atomic E-state index is 13.8. The molecule has 45 heavy (non-hydrogen) atoms. The second-order valence-corrected chi connectivity index (χ2v) is 10.7. The zero-order valence-electron chi connectivity index (χ0n) is 26.2. The Bertz CT molecular complexity index is 1450. The van der Waals surface area contributed by atoms with Gasteiger partial charge in [0.05, 0.1) is 25.4 Å². The molecule has 0 radical (unpaired) electrons. The van der Waals surface area contributed by atoms with Crippen LogP contribution in [0.4, 0.5) is 0 Å². The number of rotatable bonds is 17. The van der Waals surface area contributed by atoms with E-state index < -0.39 is 17.7 Å². The standard InChI is InChI=1S/C37H43NO7/c1-3-5-9-25-42-32-17-18-33(34(27-32)43-26-10-23-38)36(40)45-37(21-19-29(20-22-37)28-11-7-6-8-12-28)44-35(39)30-13-15-31(16-14-30)41-24-4-2/h6-8,11-21,27H,3-5,9-10,22-26,38H2,1-2H3. The van der Waals surface area contributed by atoms with Crippen LogP contribution in [0.15, 0.2) is 91.0 Å². The van der Waals surface area contributed by atoms with Gasteiger partial charge in [-0.15, -0.1) is 0 Å². The van der Waals surface area contributed by atoms with Gasteiger partial charge in [0.15, 0.2) is 0 Å². The van der Waals surface area contributed by atoms with Crippen molar-refractivity contribution < 1.29 is 33.3 Å². The van der Waals surface area contributed by atoms with Crippen LogP contribution >= 0.6 is 0 Å². The van der Waals surface area contributed by atoms with Crippen molar-refractivity contribution in [2.45, 2.75) is 58.2 Å². The molecule has 1 aliphatic rings. The molecule has 0 fully saturated rings. The van der Waals surface area contributed by atoms with Crippen LogP contribution in [-0.2, 0) is 9.47 Å². The lowest BCUT2D eigenvalue weighted by Gasteiger charge is -2.31. The third-order valence-corrected chi connectivity index (χ3v) is 7.12. The molecule has 1 aliphatic carbocycles. The minimum absolute atomic E-state index is 0.116. The molecule has 8 heteroatoms. The maximum Gasteiger partial charge on any atom is 0.345 e. The van der Waals surface area contributed by atoms with E-state index in [1.54, 1.807) is 54.6 Å². The van der Waals surface area contributed by atoms with Crippen LogP contribution < -0.4 is 19.9 Å². The van der Waals surface area contributed by atoms with Crippen molar-refractivity contribution in [2.75, 3.05) is 26.4 Å². The molecule has 0 bridgehead atoms. The lowest BCUT2D eigenvalue weighted by atomic mass is 9.96. The minimum atomic E-state index is -1.69. The van der Waals surface area contributed by atoms with Crippen molar-refractivity contribution in [1.82, 2.24) is 0 Å². The van der Waals surface area contributed by atoms with Gasteiger partial charge in [0.1, 0.15) is 22.8 Å². The van der Waals surface area contributed by atoms with Gasteiger partial charge in [0, 0.05) is 18.6 Å². The van der Waals surface area contributed by atoms with E-state index in [4.69, 9.17) is 29.4 Å². The van der Waals surface area contributed by atoms with Crippen LogP contribution in [0, 0.1) is 0 Å². The lowest BCUT2D eigenvalue weighted by Crippen LogP contribution is -2.39. The monoisotopic (exact) mass is 613 g/mol. The average Bonchev–Trinajstić information content (AvgIpc) is 3.07.